The van der Waals surface area contributed by atoms with Crippen molar-refractivity contribution in [2.24, 2.45) is 11.8 Å². The van der Waals surface area contributed by atoms with Crippen molar-refractivity contribution in [3.05, 3.63) is 12.2 Å². The topological polar surface area (TPSA) is 177 Å². The second-order valence-electron chi connectivity index (χ2n) is 14.4. The predicted octanol–water partition coefficient (Wildman–Crippen LogP) is 8.44. The van der Waals surface area contributed by atoms with Crippen LogP contribution >= 0.6 is 7.82 Å². The van der Waals surface area contributed by atoms with Crippen molar-refractivity contribution in [3.63, 3.8) is 0 Å². The molecule has 0 aromatic carbocycles. The molecule has 5 atom stereocenters. The van der Waals surface area contributed by atoms with Crippen LogP contribution in [0.4, 0.5) is 0 Å². The number of carbonyl (C=O) groups is 3. The number of ether oxygens (including phenoxy) is 2. The van der Waals surface area contributed by atoms with Crippen LogP contribution in [0.3, 0.4) is 0 Å². The predicted molar refractivity (Wildman–Crippen MR) is 199 cm³/mol. The van der Waals surface area contributed by atoms with Crippen LogP contribution < -0.4 is 0 Å². The van der Waals surface area contributed by atoms with Crippen molar-refractivity contribution in [2.75, 3.05) is 13.2 Å². The van der Waals surface area contributed by atoms with Crippen molar-refractivity contribution >= 4 is 25.5 Å². The van der Waals surface area contributed by atoms with Gasteiger partial charge in [-0.05, 0) is 31.6 Å². The molecule has 0 bridgehead atoms. The summed E-state index contributed by atoms with van der Waals surface area (Å²) in [5.74, 6) is -1.60. The van der Waals surface area contributed by atoms with Crippen LogP contribution in [-0.2, 0) is 32.9 Å². The van der Waals surface area contributed by atoms with Crippen LogP contribution in [0, 0.1) is 11.8 Å². The fourth-order valence-electron chi connectivity index (χ4n) is 6.63. The Morgan fingerprint density at radius 3 is 1.84 bits per heavy atom. The lowest BCUT2D eigenvalue weighted by molar-refractivity contribution is -0.161. The maximum Gasteiger partial charge on any atom is 0.469 e. The van der Waals surface area contributed by atoms with Crippen molar-refractivity contribution in [2.45, 2.75) is 193 Å². The molecule has 12 heteroatoms. The van der Waals surface area contributed by atoms with Gasteiger partial charge in [0.2, 0.25) is 0 Å². The Bertz CT molecular complexity index is 998. The zero-order valence-corrected chi connectivity index (χ0v) is 32.6. The number of phosphoric acid groups is 1. The second-order valence-corrected chi connectivity index (χ2v) is 15.6. The minimum absolute atomic E-state index is 0.00187. The van der Waals surface area contributed by atoms with Gasteiger partial charge in [0.25, 0.3) is 0 Å². The van der Waals surface area contributed by atoms with Gasteiger partial charge in [-0.15, -0.1) is 0 Å². The summed E-state index contributed by atoms with van der Waals surface area (Å²) >= 11 is 0. The van der Waals surface area contributed by atoms with Gasteiger partial charge in [0.15, 0.2) is 6.10 Å². The highest BCUT2D eigenvalue weighted by atomic mass is 31.2. The molecular formula is C39H71O11P. The van der Waals surface area contributed by atoms with Gasteiger partial charge < -0.3 is 29.5 Å². The molecule has 1 saturated carbocycles. The molecule has 1 aliphatic rings. The normalized spacial score (nSPS) is 19.1. The Morgan fingerprint density at radius 2 is 1.27 bits per heavy atom. The van der Waals surface area contributed by atoms with Gasteiger partial charge in [0.1, 0.15) is 12.4 Å². The van der Waals surface area contributed by atoms with E-state index in [1.54, 1.807) is 12.2 Å². The van der Waals surface area contributed by atoms with Crippen LogP contribution in [-0.4, -0.2) is 69.2 Å². The molecule has 0 heterocycles. The van der Waals surface area contributed by atoms with Crippen LogP contribution in [0.2, 0.25) is 0 Å². The third-order valence-corrected chi connectivity index (χ3v) is 10.2. The molecule has 0 aromatic rings. The first-order valence-corrected chi connectivity index (χ1v) is 21.6. The number of unbranched alkanes of at least 4 members (excludes halogenated alkanes) is 17. The lowest BCUT2D eigenvalue weighted by Crippen LogP contribution is -2.29. The molecule has 0 aliphatic heterocycles. The highest BCUT2D eigenvalue weighted by Crippen LogP contribution is 2.36. The fraction of sp³-hybridized carbons (Fsp3) is 0.872. The Labute approximate surface area is 307 Å². The Morgan fingerprint density at radius 1 is 0.765 bits per heavy atom. The van der Waals surface area contributed by atoms with Gasteiger partial charge >= 0.3 is 19.8 Å². The smallest absolute Gasteiger partial charge is 0.462 e. The molecule has 11 nitrogen and oxygen atoms in total. The van der Waals surface area contributed by atoms with Crippen molar-refractivity contribution in [1.29, 1.82) is 0 Å². The van der Waals surface area contributed by atoms with Crippen LogP contribution in [0.25, 0.3) is 0 Å². The zero-order chi connectivity index (χ0) is 37.7. The minimum Gasteiger partial charge on any atom is -0.462 e. The summed E-state index contributed by atoms with van der Waals surface area (Å²) in [6.45, 7) is 3.38. The third kappa shape index (κ3) is 25.9. The number of carbonyl (C=O) groups excluding carboxylic acids is 3. The van der Waals surface area contributed by atoms with Gasteiger partial charge in [0, 0.05) is 25.2 Å². The number of ketones is 1. The second kappa shape index (κ2) is 29.8. The SMILES string of the molecule is CCCCCCCCCCCCCCCC(=O)O[C@H](COC(=O)CCCCCC[C@H]1[C@@H](O)CC(=O)[C@@H]1/C=C/[C@@H](O)CCCCC)COP(=O)(O)O. The molecule has 0 amide bonds. The number of hydrogen-bond donors (Lipinski definition) is 4. The van der Waals surface area contributed by atoms with Crippen molar-refractivity contribution in [1.82, 2.24) is 0 Å². The molecule has 0 saturated heterocycles. The van der Waals surface area contributed by atoms with E-state index in [1.165, 1.54) is 57.8 Å². The Hall–Kier alpha value is -1.62. The summed E-state index contributed by atoms with van der Waals surface area (Å²) in [7, 11) is -4.80. The van der Waals surface area contributed by atoms with Crippen LogP contribution in [0.1, 0.15) is 174 Å². The molecule has 0 radical (unpaired) electrons. The van der Waals surface area contributed by atoms with Crippen LogP contribution in [0.15, 0.2) is 12.2 Å². The summed E-state index contributed by atoms with van der Waals surface area (Å²) < 4.78 is 26.3. The first-order valence-electron chi connectivity index (χ1n) is 20.1. The van der Waals surface area contributed by atoms with E-state index in [0.29, 0.717) is 25.7 Å². The molecule has 1 rings (SSSR count). The minimum atomic E-state index is -4.80. The van der Waals surface area contributed by atoms with Gasteiger partial charge in [-0.1, -0.05) is 142 Å². The average Bonchev–Trinajstić information content (AvgIpc) is 3.35. The van der Waals surface area contributed by atoms with E-state index in [-0.39, 0.29) is 43.5 Å². The number of aliphatic hydroxyl groups excluding tert-OH is 2. The highest BCUT2D eigenvalue weighted by molar-refractivity contribution is 7.46. The number of phosphoric ester groups is 1. The van der Waals surface area contributed by atoms with Crippen molar-refractivity contribution < 1.29 is 52.9 Å². The summed E-state index contributed by atoms with van der Waals surface area (Å²) in [5, 5.41) is 20.6. The van der Waals surface area contributed by atoms with E-state index < -0.39 is 44.7 Å². The van der Waals surface area contributed by atoms with Gasteiger partial charge in [0.05, 0.1) is 18.8 Å². The number of allylic oxidation sites excluding steroid dienone is 1. The van der Waals surface area contributed by atoms with Gasteiger partial charge in [-0.2, -0.15) is 0 Å². The number of rotatable bonds is 33. The van der Waals surface area contributed by atoms with E-state index >= 15 is 0 Å². The monoisotopic (exact) mass is 746 g/mol. The molecule has 298 valence electrons. The van der Waals surface area contributed by atoms with Crippen LogP contribution in [0.5, 0.6) is 0 Å². The molecule has 4 N–H and O–H groups in total. The lowest BCUT2D eigenvalue weighted by Gasteiger charge is -2.19. The highest BCUT2D eigenvalue weighted by Gasteiger charge is 2.39. The maximum atomic E-state index is 12.5. The maximum absolute atomic E-state index is 12.5. The number of esters is 2. The molecular weight excluding hydrogens is 675 g/mol. The third-order valence-electron chi connectivity index (χ3n) is 9.69. The van der Waals surface area contributed by atoms with E-state index in [1.807, 2.05) is 0 Å². The van der Waals surface area contributed by atoms with Gasteiger partial charge in [-0.25, -0.2) is 4.57 Å². The number of hydrogen-bond acceptors (Lipinski definition) is 9. The van der Waals surface area contributed by atoms with Gasteiger partial charge in [-0.3, -0.25) is 18.9 Å². The van der Waals surface area contributed by atoms with E-state index in [0.717, 1.165) is 57.8 Å². The molecule has 0 spiro atoms. The lowest BCUT2D eigenvalue weighted by atomic mass is 9.88. The molecule has 1 aliphatic carbocycles. The molecule has 1 fully saturated rings. The fourth-order valence-corrected chi connectivity index (χ4v) is 6.99. The summed E-state index contributed by atoms with van der Waals surface area (Å²) in [6, 6.07) is 0. The van der Waals surface area contributed by atoms with E-state index in [4.69, 9.17) is 19.3 Å². The Balaban J connectivity index is 2.28. The quantitative estimate of drug-likeness (QED) is 0.0219. The van der Waals surface area contributed by atoms with E-state index in [2.05, 4.69) is 18.4 Å². The zero-order valence-electron chi connectivity index (χ0n) is 31.7. The first-order chi connectivity index (χ1) is 24.5. The molecule has 0 unspecified atom stereocenters. The average molecular weight is 747 g/mol. The number of Topliss-reactive ketones (excluding diaryl/α,β-unsaturated/α-hetero) is 1. The molecule has 51 heavy (non-hydrogen) atoms. The van der Waals surface area contributed by atoms with E-state index in [9.17, 15) is 29.2 Å². The Kier molecular flexibility index (Phi) is 27.7. The largest absolute Gasteiger partial charge is 0.469 e. The summed E-state index contributed by atoms with van der Waals surface area (Å²) in [6.07, 6.45) is 24.1. The summed E-state index contributed by atoms with van der Waals surface area (Å²) in [4.78, 5) is 55.4. The number of aliphatic hydroxyl groups is 2. The molecule has 0 aromatic heterocycles. The standard InChI is InChI=1S/C39H71O11P/c1-3-5-7-8-9-10-11-12-13-14-15-16-22-26-39(44)50-33(31-49-51(45,46)47)30-48-38(43)25-21-18-17-20-24-34-35(37(42)29-36(34)41)28-27-32(40)23-19-6-4-2/h27-28,32-36,40-41H,3-26,29-31H2,1-2H3,(H2,45,46,47)/b28-27+/t32-,33+,34+,35+,36-/m0/s1. The van der Waals surface area contributed by atoms with Crippen molar-refractivity contribution in [3.8, 4) is 0 Å². The first kappa shape index (κ1) is 47.4. The summed E-state index contributed by atoms with van der Waals surface area (Å²) in [5.41, 5.74) is 0.